The quantitative estimate of drug-likeness (QED) is 0.694. The van der Waals surface area contributed by atoms with E-state index in [0.29, 0.717) is 12.3 Å². The maximum absolute atomic E-state index is 11.7. The average Bonchev–Trinajstić information content (AvgIpc) is 2.44. The molecule has 0 aliphatic heterocycles. The van der Waals surface area contributed by atoms with E-state index in [1.807, 2.05) is 6.92 Å². The number of hydrogen-bond donors (Lipinski definition) is 2. The molecule has 0 radical (unpaired) electrons. The monoisotopic (exact) mass is 266 g/mol. The minimum atomic E-state index is -0.518. The van der Waals surface area contributed by atoms with Crippen molar-refractivity contribution in [1.29, 1.82) is 0 Å². The lowest BCUT2D eigenvalue weighted by Crippen LogP contribution is -2.39. The van der Waals surface area contributed by atoms with Crippen LogP contribution < -0.4 is 20.1 Å². The third-order valence-corrected chi connectivity index (χ3v) is 2.59. The van der Waals surface area contributed by atoms with Crippen molar-refractivity contribution in [2.24, 2.45) is 0 Å². The summed E-state index contributed by atoms with van der Waals surface area (Å²) in [4.78, 5) is 11.7. The lowest BCUT2D eigenvalue weighted by atomic mass is 10.3. The van der Waals surface area contributed by atoms with E-state index in [2.05, 4.69) is 10.6 Å². The van der Waals surface area contributed by atoms with E-state index in [-0.39, 0.29) is 5.91 Å². The molecule has 0 bridgehead atoms. The van der Waals surface area contributed by atoms with Gasteiger partial charge in [-0.2, -0.15) is 0 Å². The summed E-state index contributed by atoms with van der Waals surface area (Å²) in [6.07, 6.45) is -0.518. The van der Waals surface area contributed by atoms with Gasteiger partial charge in [0.05, 0.1) is 7.11 Å². The Bertz CT molecular complexity index is 379. The molecule has 5 nitrogen and oxygen atoms in total. The lowest BCUT2D eigenvalue weighted by Gasteiger charge is -2.15. The maximum Gasteiger partial charge on any atom is 0.260 e. The molecule has 1 atom stereocenters. The van der Waals surface area contributed by atoms with Crippen molar-refractivity contribution in [3.05, 3.63) is 24.3 Å². The number of amides is 1. The zero-order valence-electron chi connectivity index (χ0n) is 11.7. The van der Waals surface area contributed by atoms with Gasteiger partial charge in [-0.1, -0.05) is 6.92 Å². The number of carbonyl (C=O) groups excluding carboxylic acids is 1. The molecule has 0 spiro atoms. The first-order chi connectivity index (χ1) is 9.17. The first-order valence-electron chi connectivity index (χ1n) is 6.46. The predicted octanol–water partition coefficient (Wildman–Crippen LogP) is 1.19. The molecule has 1 amide bonds. The summed E-state index contributed by atoms with van der Waals surface area (Å²) < 4.78 is 10.6. The van der Waals surface area contributed by atoms with E-state index in [1.54, 1.807) is 38.3 Å². The van der Waals surface area contributed by atoms with Crippen molar-refractivity contribution in [3.8, 4) is 11.5 Å². The molecule has 5 heteroatoms. The van der Waals surface area contributed by atoms with Crippen LogP contribution in [-0.4, -0.2) is 38.8 Å². The molecule has 0 fully saturated rings. The molecule has 1 aromatic carbocycles. The summed E-state index contributed by atoms with van der Waals surface area (Å²) in [6, 6.07) is 7.15. The van der Waals surface area contributed by atoms with Gasteiger partial charge in [-0.05, 0) is 37.7 Å². The first-order valence-corrected chi connectivity index (χ1v) is 6.46. The average molecular weight is 266 g/mol. The number of ether oxygens (including phenoxy) is 2. The summed E-state index contributed by atoms with van der Waals surface area (Å²) in [5, 5.41) is 5.94. The van der Waals surface area contributed by atoms with Gasteiger partial charge in [0.2, 0.25) is 0 Å². The van der Waals surface area contributed by atoms with Crippen molar-refractivity contribution in [2.45, 2.75) is 20.0 Å². The van der Waals surface area contributed by atoms with Gasteiger partial charge in [-0.3, -0.25) is 4.79 Å². The van der Waals surface area contributed by atoms with Crippen LogP contribution in [0, 0.1) is 0 Å². The van der Waals surface area contributed by atoms with Crippen molar-refractivity contribution < 1.29 is 14.3 Å². The molecule has 2 N–H and O–H groups in total. The summed E-state index contributed by atoms with van der Waals surface area (Å²) in [5.74, 6) is 1.29. The number of likely N-dealkylation sites (N-methyl/N-ethyl adjacent to an activating group) is 1. The number of hydrogen-bond acceptors (Lipinski definition) is 4. The van der Waals surface area contributed by atoms with Crippen LogP contribution in [0.15, 0.2) is 24.3 Å². The Labute approximate surface area is 114 Å². The summed E-state index contributed by atoms with van der Waals surface area (Å²) in [5.41, 5.74) is 0. The lowest BCUT2D eigenvalue weighted by molar-refractivity contribution is -0.127. The second-order valence-electron chi connectivity index (χ2n) is 4.08. The minimum absolute atomic E-state index is 0.117. The number of rotatable bonds is 8. The van der Waals surface area contributed by atoms with Gasteiger partial charge < -0.3 is 20.1 Å². The SMILES string of the molecule is CCNCCNC(=O)C(C)Oc1ccc(OC)cc1. The third kappa shape index (κ3) is 5.61. The van der Waals surface area contributed by atoms with E-state index in [0.717, 1.165) is 18.8 Å². The summed E-state index contributed by atoms with van der Waals surface area (Å²) >= 11 is 0. The standard InChI is InChI=1S/C14H22N2O3/c1-4-15-9-10-16-14(17)11(2)19-13-7-5-12(18-3)6-8-13/h5-8,11,15H,4,9-10H2,1-3H3,(H,16,17). The molecule has 0 aliphatic carbocycles. The maximum atomic E-state index is 11.7. The van der Waals surface area contributed by atoms with Gasteiger partial charge in [-0.25, -0.2) is 0 Å². The number of carbonyl (C=O) groups is 1. The van der Waals surface area contributed by atoms with Crippen LogP contribution in [0.4, 0.5) is 0 Å². The van der Waals surface area contributed by atoms with Crippen LogP contribution in [0.2, 0.25) is 0 Å². The highest BCUT2D eigenvalue weighted by Gasteiger charge is 2.13. The van der Waals surface area contributed by atoms with Crippen LogP contribution >= 0.6 is 0 Å². The Hall–Kier alpha value is -1.75. The molecule has 0 aliphatic rings. The van der Waals surface area contributed by atoms with Crippen LogP contribution in [0.3, 0.4) is 0 Å². The number of methoxy groups -OCH3 is 1. The molecule has 0 saturated heterocycles. The molecule has 106 valence electrons. The fourth-order valence-corrected chi connectivity index (χ4v) is 1.51. The van der Waals surface area contributed by atoms with Crippen LogP contribution in [-0.2, 0) is 4.79 Å². The topological polar surface area (TPSA) is 59.6 Å². The molecule has 1 unspecified atom stereocenters. The van der Waals surface area contributed by atoms with Crippen LogP contribution in [0.1, 0.15) is 13.8 Å². The smallest absolute Gasteiger partial charge is 0.260 e. The normalized spacial score (nSPS) is 11.7. The number of benzene rings is 1. The van der Waals surface area contributed by atoms with Gasteiger partial charge >= 0.3 is 0 Å². The van der Waals surface area contributed by atoms with Crippen molar-refractivity contribution in [2.75, 3.05) is 26.7 Å². The second-order valence-corrected chi connectivity index (χ2v) is 4.08. The molecule has 1 rings (SSSR count). The second kappa shape index (κ2) is 8.37. The molecule has 1 aromatic rings. The van der Waals surface area contributed by atoms with Gasteiger partial charge in [0.25, 0.3) is 5.91 Å². The van der Waals surface area contributed by atoms with Crippen LogP contribution in [0.5, 0.6) is 11.5 Å². The predicted molar refractivity (Wildman–Crippen MR) is 74.6 cm³/mol. The Morgan fingerprint density at radius 1 is 1.21 bits per heavy atom. The number of nitrogens with one attached hydrogen (secondary N) is 2. The van der Waals surface area contributed by atoms with Gasteiger partial charge in [0.15, 0.2) is 6.10 Å². The molecule has 19 heavy (non-hydrogen) atoms. The highest BCUT2D eigenvalue weighted by Crippen LogP contribution is 2.18. The van der Waals surface area contributed by atoms with E-state index in [4.69, 9.17) is 9.47 Å². The highest BCUT2D eigenvalue weighted by molar-refractivity contribution is 5.80. The fourth-order valence-electron chi connectivity index (χ4n) is 1.51. The first kappa shape index (κ1) is 15.3. The fraction of sp³-hybridized carbons (Fsp3) is 0.500. The molecular weight excluding hydrogens is 244 g/mol. The molecular formula is C14H22N2O3. The van der Waals surface area contributed by atoms with E-state index < -0.39 is 6.10 Å². The minimum Gasteiger partial charge on any atom is -0.497 e. The highest BCUT2D eigenvalue weighted by atomic mass is 16.5. The van der Waals surface area contributed by atoms with Gasteiger partial charge in [0, 0.05) is 13.1 Å². The summed E-state index contributed by atoms with van der Waals surface area (Å²) in [7, 11) is 1.61. The van der Waals surface area contributed by atoms with E-state index >= 15 is 0 Å². The van der Waals surface area contributed by atoms with E-state index in [9.17, 15) is 4.79 Å². The Morgan fingerprint density at radius 3 is 2.42 bits per heavy atom. The van der Waals surface area contributed by atoms with Crippen molar-refractivity contribution in [3.63, 3.8) is 0 Å². The largest absolute Gasteiger partial charge is 0.497 e. The van der Waals surface area contributed by atoms with Gasteiger partial charge in [-0.15, -0.1) is 0 Å². The molecule has 0 heterocycles. The molecule has 0 saturated carbocycles. The Kier molecular flexibility index (Phi) is 6.74. The summed E-state index contributed by atoms with van der Waals surface area (Å²) in [6.45, 7) is 6.01. The zero-order chi connectivity index (χ0) is 14.1. The van der Waals surface area contributed by atoms with E-state index in [1.165, 1.54) is 0 Å². The van der Waals surface area contributed by atoms with Crippen molar-refractivity contribution in [1.82, 2.24) is 10.6 Å². The Balaban J connectivity index is 2.35. The van der Waals surface area contributed by atoms with Crippen LogP contribution in [0.25, 0.3) is 0 Å². The van der Waals surface area contributed by atoms with Gasteiger partial charge in [0.1, 0.15) is 11.5 Å². The zero-order valence-corrected chi connectivity index (χ0v) is 11.7. The molecule has 0 aromatic heterocycles. The third-order valence-electron chi connectivity index (χ3n) is 2.59. The van der Waals surface area contributed by atoms with Crippen molar-refractivity contribution >= 4 is 5.91 Å². The Morgan fingerprint density at radius 2 is 1.84 bits per heavy atom.